The van der Waals surface area contributed by atoms with Gasteiger partial charge in [0.2, 0.25) is 21.8 Å². The fraction of sp³-hybridized carbons (Fsp3) is 0.333. The molecule has 0 unspecified atom stereocenters. The molecule has 2 rings (SSSR count). The average molecular weight is 426 g/mol. The zero-order valence-corrected chi connectivity index (χ0v) is 17.2. The van der Waals surface area contributed by atoms with Crippen LogP contribution < -0.4 is 15.4 Å². The van der Waals surface area contributed by atoms with Crippen molar-refractivity contribution in [1.82, 2.24) is 10.0 Å². The maximum absolute atomic E-state index is 12.4. The molecule has 0 aliphatic carbocycles. The van der Waals surface area contributed by atoms with Gasteiger partial charge in [0, 0.05) is 24.9 Å². The number of hydrogen-bond donors (Lipinski definition) is 3. The first-order chi connectivity index (χ1) is 13.3. The molecule has 152 valence electrons. The van der Waals surface area contributed by atoms with Crippen molar-refractivity contribution in [1.29, 1.82) is 0 Å². The van der Waals surface area contributed by atoms with Gasteiger partial charge in [-0.1, -0.05) is 0 Å². The summed E-state index contributed by atoms with van der Waals surface area (Å²) in [6.07, 6.45) is 1.61. The van der Waals surface area contributed by atoms with Crippen LogP contribution in [0.5, 0.6) is 0 Å². The molecule has 1 aromatic carbocycles. The largest absolute Gasteiger partial charge is 0.468 e. The number of rotatable bonds is 10. The Morgan fingerprint density at radius 3 is 2.50 bits per heavy atom. The van der Waals surface area contributed by atoms with Gasteiger partial charge < -0.3 is 15.1 Å². The molecule has 1 heterocycles. The first kappa shape index (κ1) is 22.0. The lowest BCUT2D eigenvalue weighted by Crippen LogP contribution is -2.45. The first-order valence-electron chi connectivity index (χ1n) is 8.56. The highest BCUT2D eigenvalue weighted by atomic mass is 32.2. The second-order valence-corrected chi connectivity index (χ2v) is 8.79. The fourth-order valence-electron chi connectivity index (χ4n) is 2.24. The lowest BCUT2D eigenvalue weighted by atomic mass is 10.3. The number of carbonyl (C=O) groups is 2. The van der Waals surface area contributed by atoms with Crippen molar-refractivity contribution >= 4 is 39.3 Å². The van der Waals surface area contributed by atoms with Crippen molar-refractivity contribution in [3.8, 4) is 0 Å². The normalized spacial score (nSPS) is 12.4. The van der Waals surface area contributed by atoms with E-state index in [0.717, 1.165) is 5.76 Å². The third-order valence-electron chi connectivity index (χ3n) is 3.58. The van der Waals surface area contributed by atoms with Gasteiger partial charge >= 0.3 is 0 Å². The highest BCUT2D eigenvalue weighted by Gasteiger charge is 2.21. The van der Waals surface area contributed by atoms with Crippen LogP contribution in [0.2, 0.25) is 0 Å². The first-order valence-corrected chi connectivity index (χ1v) is 11.2. The van der Waals surface area contributed by atoms with Gasteiger partial charge in [0.05, 0.1) is 23.0 Å². The number of carbonyl (C=O) groups excluding carboxylic acids is 2. The van der Waals surface area contributed by atoms with E-state index in [9.17, 15) is 18.0 Å². The van der Waals surface area contributed by atoms with E-state index in [1.165, 1.54) is 38.1 Å². The van der Waals surface area contributed by atoms with Crippen LogP contribution in [0.4, 0.5) is 5.69 Å². The Labute approximate surface area is 168 Å². The molecule has 0 spiro atoms. The van der Waals surface area contributed by atoms with Gasteiger partial charge in [0.25, 0.3) is 0 Å². The average Bonchev–Trinajstić information content (AvgIpc) is 3.14. The standard InChI is InChI=1S/C18H23N3O5S2/c1-13(18(23)19-9-11-27-12-16-4-3-10-26-16)21-28(24,25)17-7-5-15(6-8-17)20-14(2)22/h3-8,10,13,21H,9,11-12H2,1-2H3,(H,19,23)(H,20,22)/t13-/m1/s1. The summed E-state index contributed by atoms with van der Waals surface area (Å²) in [5.74, 6) is 1.59. The maximum Gasteiger partial charge on any atom is 0.241 e. The molecule has 0 fully saturated rings. The van der Waals surface area contributed by atoms with Gasteiger partial charge in [-0.25, -0.2) is 8.42 Å². The smallest absolute Gasteiger partial charge is 0.241 e. The molecule has 8 nitrogen and oxygen atoms in total. The Kier molecular flexibility index (Phi) is 8.09. The summed E-state index contributed by atoms with van der Waals surface area (Å²) in [6.45, 7) is 3.26. The van der Waals surface area contributed by atoms with Gasteiger partial charge in [0.1, 0.15) is 5.76 Å². The summed E-state index contributed by atoms with van der Waals surface area (Å²) in [5.41, 5.74) is 0.490. The Morgan fingerprint density at radius 1 is 1.18 bits per heavy atom. The quantitative estimate of drug-likeness (QED) is 0.501. The van der Waals surface area contributed by atoms with Crippen molar-refractivity contribution in [3.05, 3.63) is 48.4 Å². The predicted octanol–water partition coefficient (Wildman–Crippen LogP) is 1.95. The number of sulfonamides is 1. The summed E-state index contributed by atoms with van der Waals surface area (Å²) in [4.78, 5) is 23.1. The topological polar surface area (TPSA) is 118 Å². The van der Waals surface area contributed by atoms with Crippen LogP contribution in [0.3, 0.4) is 0 Å². The molecule has 0 saturated heterocycles. The molecule has 0 aliphatic heterocycles. The monoisotopic (exact) mass is 425 g/mol. The van der Waals surface area contributed by atoms with Crippen molar-refractivity contribution in [2.24, 2.45) is 0 Å². The number of hydrogen-bond acceptors (Lipinski definition) is 6. The van der Waals surface area contributed by atoms with Crippen LogP contribution in [-0.4, -0.2) is 38.6 Å². The van der Waals surface area contributed by atoms with Gasteiger partial charge in [-0.15, -0.1) is 0 Å². The van der Waals surface area contributed by atoms with E-state index in [1.54, 1.807) is 18.0 Å². The Hall–Kier alpha value is -2.30. The summed E-state index contributed by atoms with van der Waals surface area (Å²) in [6, 6.07) is 8.47. The van der Waals surface area contributed by atoms with Crippen LogP contribution in [0.1, 0.15) is 19.6 Å². The second kappa shape index (κ2) is 10.3. The van der Waals surface area contributed by atoms with Crippen LogP contribution in [0.25, 0.3) is 0 Å². The van der Waals surface area contributed by atoms with Crippen LogP contribution in [-0.2, 0) is 25.4 Å². The number of benzene rings is 1. The van der Waals surface area contributed by atoms with E-state index < -0.39 is 22.0 Å². The van der Waals surface area contributed by atoms with Crippen LogP contribution in [0, 0.1) is 0 Å². The Morgan fingerprint density at radius 2 is 1.89 bits per heavy atom. The van der Waals surface area contributed by atoms with E-state index in [1.807, 2.05) is 12.1 Å². The van der Waals surface area contributed by atoms with E-state index in [-0.39, 0.29) is 10.8 Å². The Balaban J connectivity index is 1.78. The highest BCUT2D eigenvalue weighted by Crippen LogP contribution is 2.14. The molecule has 1 atom stereocenters. The predicted molar refractivity (Wildman–Crippen MR) is 108 cm³/mol. The third kappa shape index (κ3) is 7.02. The van der Waals surface area contributed by atoms with Crippen molar-refractivity contribution < 1.29 is 22.4 Å². The molecule has 0 aliphatic rings. The van der Waals surface area contributed by atoms with E-state index >= 15 is 0 Å². The molecule has 0 radical (unpaired) electrons. The fourth-order valence-corrected chi connectivity index (χ4v) is 4.20. The SMILES string of the molecule is CC(=O)Nc1ccc(S(=O)(=O)N[C@H](C)C(=O)NCCSCc2ccco2)cc1. The zero-order chi connectivity index (χ0) is 20.6. The lowest BCUT2D eigenvalue weighted by Gasteiger charge is -2.14. The van der Waals surface area contributed by atoms with Crippen molar-refractivity contribution in [3.63, 3.8) is 0 Å². The molecule has 2 amide bonds. The van der Waals surface area contributed by atoms with Gasteiger partial charge in [-0.3, -0.25) is 9.59 Å². The van der Waals surface area contributed by atoms with E-state index in [4.69, 9.17) is 4.42 Å². The van der Waals surface area contributed by atoms with Crippen LogP contribution in [0.15, 0.2) is 52.0 Å². The minimum atomic E-state index is -3.86. The number of anilines is 1. The number of thioether (sulfide) groups is 1. The molecule has 28 heavy (non-hydrogen) atoms. The van der Waals surface area contributed by atoms with E-state index in [0.29, 0.717) is 23.7 Å². The summed E-state index contributed by atoms with van der Waals surface area (Å²) in [7, 11) is -3.86. The molecule has 2 aromatic rings. The number of amides is 2. The molecule has 10 heteroatoms. The summed E-state index contributed by atoms with van der Waals surface area (Å²) < 4.78 is 32.4. The van der Waals surface area contributed by atoms with Gasteiger partial charge in [-0.2, -0.15) is 16.5 Å². The Bertz CT molecular complexity index is 880. The molecule has 0 saturated carbocycles. The lowest BCUT2D eigenvalue weighted by molar-refractivity contribution is -0.122. The van der Waals surface area contributed by atoms with E-state index in [2.05, 4.69) is 15.4 Å². The maximum atomic E-state index is 12.4. The minimum Gasteiger partial charge on any atom is -0.468 e. The number of nitrogens with one attached hydrogen (secondary N) is 3. The number of furan rings is 1. The summed E-state index contributed by atoms with van der Waals surface area (Å²) >= 11 is 1.60. The second-order valence-electron chi connectivity index (χ2n) is 5.97. The summed E-state index contributed by atoms with van der Waals surface area (Å²) in [5, 5.41) is 5.26. The molecule has 1 aromatic heterocycles. The molecular weight excluding hydrogens is 402 g/mol. The molecular formula is C18H23N3O5S2. The third-order valence-corrected chi connectivity index (χ3v) is 6.12. The molecule has 0 bridgehead atoms. The van der Waals surface area contributed by atoms with Crippen molar-refractivity contribution in [2.75, 3.05) is 17.6 Å². The highest BCUT2D eigenvalue weighted by molar-refractivity contribution is 7.98. The van der Waals surface area contributed by atoms with Crippen molar-refractivity contribution in [2.45, 2.75) is 30.5 Å². The van der Waals surface area contributed by atoms with Crippen LogP contribution >= 0.6 is 11.8 Å². The zero-order valence-electron chi connectivity index (χ0n) is 15.6. The van der Waals surface area contributed by atoms with Gasteiger partial charge in [0.15, 0.2) is 0 Å². The van der Waals surface area contributed by atoms with Gasteiger partial charge in [-0.05, 0) is 43.3 Å². The molecule has 3 N–H and O–H groups in total. The minimum absolute atomic E-state index is 0.00950.